The summed E-state index contributed by atoms with van der Waals surface area (Å²) in [4.78, 5) is 17.4. The highest BCUT2D eigenvalue weighted by atomic mass is 32.2. The van der Waals surface area contributed by atoms with E-state index in [4.69, 9.17) is 14.5 Å². The largest absolute Gasteiger partial charge is 0.456 e. The number of aliphatic hydroxyl groups is 1. The van der Waals surface area contributed by atoms with Crippen molar-refractivity contribution in [1.29, 1.82) is 0 Å². The highest BCUT2D eigenvalue weighted by molar-refractivity contribution is 7.91. The van der Waals surface area contributed by atoms with Crippen molar-refractivity contribution in [2.24, 2.45) is 0 Å². The fourth-order valence-corrected chi connectivity index (χ4v) is 5.16. The number of ether oxygens (including phenoxy) is 2. The second-order valence-corrected chi connectivity index (χ2v) is 17.6. The fourth-order valence-electron chi connectivity index (χ4n) is 3.61. The lowest BCUT2D eigenvalue weighted by Gasteiger charge is -2.16. The Morgan fingerprint density at radius 2 is 1.86 bits per heavy atom. The van der Waals surface area contributed by atoms with Crippen LogP contribution in [0, 0.1) is 0 Å². The van der Waals surface area contributed by atoms with Crippen molar-refractivity contribution in [3.8, 4) is 23.0 Å². The molecule has 37 heavy (non-hydrogen) atoms. The van der Waals surface area contributed by atoms with Crippen molar-refractivity contribution < 1.29 is 23.0 Å². The van der Waals surface area contributed by atoms with E-state index in [9.17, 15) is 13.5 Å². The van der Waals surface area contributed by atoms with Gasteiger partial charge in [-0.3, -0.25) is 9.55 Å². The first-order chi connectivity index (χ1) is 17.6. The van der Waals surface area contributed by atoms with Crippen LogP contribution in [0.2, 0.25) is 25.7 Å². The number of benzene rings is 1. The van der Waals surface area contributed by atoms with Crippen LogP contribution < -0.4 is 4.74 Å². The van der Waals surface area contributed by atoms with E-state index in [1.807, 2.05) is 4.57 Å². The molecule has 0 saturated carbocycles. The predicted octanol–water partition coefficient (Wildman–Crippen LogP) is 4.28. The summed E-state index contributed by atoms with van der Waals surface area (Å²) in [6.07, 6.45) is 6.19. The van der Waals surface area contributed by atoms with E-state index in [0.29, 0.717) is 46.2 Å². The Bertz CT molecular complexity index is 1470. The van der Waals surface area contributed by atoms with E-state index < -0.39 is 17.9 Å². The first-order valence-electron chi connectivity index (χ1n) is 12.0. The summed E-state index contributed by atoms with van der Waals surface area (Å²) in [6, 6.07) is 7.50. The van der Waals surface area contributed by atoms with Gasteiger partial charge in [0.05, 0.1) is 35.8 Å². The molecule has 12 heteroatoms. The van der Waals surface area contributed by atoms with Crippen molar-refractivity contribution in [2.75, 3.05) is 12.4 Å². The molecule has 10 nitrogen and oxygen atoms in total. The van der Waals surface area contributed by atoms with Crippen LogP contribution >= 0.6 is 0 Å². The van der Waals surface area contributed by atoms with Crippen LogP contribution in [0.15, 0.2) is 54.1 Å². The second kappa shape index (κ2) is 11.0. The molecule has 4 rings (SSSR count). The van der Waals surface area contributed by atoms with Gasteiger partial charge in [-0.2, -0.15) is 0 Å². The predicted molar refractivity (Wildman–Crippen MR) is 143 cm³/mol. The molecule has 196 valence electrons. The third kappa shape index (κ3) is 6.39. The van der Waals surface area contributed by atoms with E-state index in [-0.39, 0.29) is 24.1 Å². The molecule has 0 unspecified atom stereocenters. The number of aliphatic hydroxyl groups excluding tert-OH is 1. The topological polar surface area (TPSA) is 129 Å². The van der Waals surface area contributed by atoms with Crippen molar-refractivity contribution in [3.05, 3.63) is 54.6 Å². The number of aromatic nitrogens is 5. The van der Waals surface area contributed by atoms with E-state index >= 15 is 0 Å². The van der Waals surface area contributed by atoms with Crippen molar-refractivity contribution in [1.82, 2.24) is 24.5 Å². The minimum Gasteiger partial charge on any atom is -0.456 e. The van der Waals surface area contributed by atoms with Gasteiger partial charge in [0, 0.05) is 38.7 Å². The summed E-state index contributed by atoms with van der Waals surface area (Å²) < 4.78 is 38.1. The smallest absolute Gasteiger partial charge is 0.195 e. The van der Waals surface area contributed by atoms with Gasteiger partial charge in [0.15, 0.2) is 20.7 Å². The van der Waals surface area contributed by atoms with Crippen LogP contribution in [0.3, 0.4) is 0 Å². The average Bonchev–Trinajstić information content (AvgIpc) is 3.25. The van der Waals surface area contributed by atoms with E-state index in [2.05, 4.69) is 34.6 Å². The maximum absolute atomic E-state index is 12.1. The first-order valence-corrected chi connectivity index (χ1v) is 17.3. The number of nitrogens with zero attached hydrogens (tertiary/aromatic N) is 5. The van der Waals surface area contributed by atoms with Gasteiger partial charge in [0.2, 0.25) is 0 Å². The van der Waals surface area contributed by atoms with Gasteiger partial charge in [-0.1, -0.05) is 26.6 Å². The van der Waals surface area contributed by atoms with Crippen molar-refractivity contribution >= 4 is 28.9 Å². The van der Waals surface area contributed by atoms with Gasteiger partial charge in [0.1, 0.15) is 23.9 Å². The van der Waals surface area contributed by atoms with Crippen LogP contribution in [0.5, 0.6) is 11.5 Å². The third-order valence-electron chi connectivity index (χ3n) is 5.73. The average molecular weight is 542 g/mol. The second-order valence-electron chi connectivity index (χ2n) is 9.75. The Hall–Kier alpha value is -3.19. The fraction of sp³-hybridized carbons (Fsp3) is 0.360. The number of sulfone groups is 1. The number of hydrogen-bond donors (Lipinski definition) is 1. The van der Waals surface area contributed by atoms with Gasteiger partial charge in [-0.15, -0.1) is 0 Å². The molecule has 1 aromatic carbocycles. The third-order valence-corrected chi connectivity index (χ3v) is 9.07. The number of fused-ring (bicyclic) bond motifs is 1. The molecule has 0 aliphatic heterocycles. The molecule has 0 saturated heterocycles. The summed E-state index contributed by atoms with van der Waals surface area (Å²) >= 11 is 0. The first kappa shape index (κ1) is 26.9. The molecule has 0 fully saturated rings. The van der Waals surface area contributed by atoms with Crippen LogP contribution in [0.4, 0.5) is 0 Å². The molecule has 4 aromatic rings. The molecule has 3 aromatic heterocycles. The molecule has 0 amide bonds. The van der Waals surface area contributed by atoms with Gasteiger partial charge < -0.3 is 14.6 Å². The molecule has 0 aliphatic rings. The number of pyridine rings is 1. The number of hydrogen-bond acceptors (Lipinski definition) is 9. The Balaban J connectivity index is 1.72. The van der Waals surface area contributed by atoms with Crippen LogP contribution in [0.1, 0.15) is 12.5 Å². The van der Waals surface area contributed by atoms with Crippen LogP contribution in [-0.4, -0.2) is 58.5 Å². The van der Waals surface area contributed by atoms with Crippen LogP contribution in [0.25, 0.3) is 22.6 Å². The lowest BCUT2D eigenvalue weighted by atomic mass is 10.2. The minimum atomic E-state index is -3.41. The van der Waals surface area contributed by atoms with Gasteiger partial charge in [-0.05, 0) is 24.2 Å². The van der Waals surface area contributed by atoms with Crippen LogP contribution in [-0.2, 0) is 27.9 Å². The van der Waals surface area contributed by atoms with E-state index in [1.54, 1.807) is 43.7 Å². The van der Waals surface area contributed by atoms with E-state index in [1.165, 1.54) is 12.3 Å². The summed E-state index contributed by atoms with van der Waals surface area (Å²) in [6.45, 7) is 9.06. The molecular weight excluding hydrogens is 510 g/mol. The Morgan fingerprint density at radius 3 is 2.49 bits per heavy atom. The molecular formula is C25H31N5O5SSi. The highest BCUT2D eigenvalue weighted by Crippen LogP contribution is 2.32. The Morgan fingerprint density at radius 1 is 1.05 bits per heavy atom. The standard InChI is InChI=1S/C25H31N5O5SSi/c1-5-36(32,33)23-7-6-19(14-28-23)35-20-12-18(16-31)24-22(13-20)30(17-34-10-11-37(2,3)4)25(29-24)21-15-26-8-9-27-21/h6-9,12-15,31H,5,10-11,16-17H2,1-4H3. The lowest BCUT2D eigenvalue weighted by molar-refractivity contribution is 0.0909. The summed E-state index contributed by atoms with van der Waals surface area (Å²) in [5, 5.41) is 10.1. The maximum atomic E-state index is 12.1. The van der Waals surface area contributed by atoms with Gasteiger partial charge in [0.25, 0.3) is 0 Å². The maximum Gasteiger partial charge on any atom is 0.195 e. The molecule has 0 atom stereocenters. The Labute approximate surface area is 217 Å². The zero-order chi connectivity index (χ0) is 26.6. The number of rotatable bonds is 11. The quantitative estimate of drug-likeness (QED) is 0.218. The van der Waals surface area contributed by atoms with Gasteiger partial charge in [-0.25, -0.2) is 23.4 Å². The molecule has 0 bridgehead atoms. The van der Waals surface area contributed by atoms with Crippen molar-refractivity contribution in [2.45, 2.75) is 51.0 Å². The number of imidazole rings is 1. The minimum absolute atomic E-state index is 0.00370. The summed E-state index contributed by atoms with van der Waals surface area (Å²) in [7, 11) is -4.68. The molecule has 3 heterocycles. The summed E-state index contributed by atoms with van der Waals surface area (Å²) in [5.41, 5.74) is 2.45. The SMILES string of the molecule is CCS(=O)(=O)c1ccc(Oc2cc(CO)c3nc(-c4cnccn4)n(COCC[Si](C)(C)C)c3c2)cn1. The zero-order valence-corrected chi connectivity index (χ0v) is 23.2. The molecule has 1 N–H and O–H groups in total. The lowest BCUT2D eigenvalue weighted by Crippen LogP contribution is -2.22. The molecule has 0 aliphatic carbocycles. The zero-order valence-electron chi connectivity index (χ0n) is 21.4. The monoisotopic (exact) mass is 541 g/mol. The van der Waals surface area contributed by atoms with Gasteiger partial charge >= 0.3 is 0 Å². The normalized spacial score (nSPS) is 12.2. The molecule has 0 spiro atoms. The summed E-state index contributed by atoms with van der Waals surface area (Å²) in [5.74, 6) is 1.34. The molecule has 0 radical (unpaired) electrons. The highest BCUT2D eigenvalue weighted by Gasteiger charge is 2.19. The van der Waals surface area contributed by atoms with Crippen molar-refractivity contribution in [3.63, 3.8) is 0 Å². The van der Waals surface area contributed by atoms with E-state index in [0.717, 1.165) is 6.04 Å². The Kier molecular flexibility index (Phi) is 8.02.